The van der Waals surface area contributed by atoms with Crippen molar-refractivity contribution < 1.29 is 0 Å². The van der Waals surface area contributed by atoms with E-state index >= 15 is 0 Å². The fraction of sp³-hybridized carbons (Fsp3) is 0.750. The van der Waals surface area contributed by atoms with Gasteiger partial charge in [-0.15, -0.1) is 11.8 Å². The van der Waals surface area contributed by atoms with Crippen molar-refractivity contribution in [1.29, 1.82) is 0 Å². The Morgan fingerprint density at radius 3 is 2.40 bits per heavy atom. The van der Waals surface area contributed by atoms with Gasteiger partial charge in [0.25, 0.3) is 0 Å². The highest BCUT2D eigenvalue weighted by atomic mass is 32.2. The zero-order valence-corrected chi connectivity index (χ0v) is 11.5. The van der Waals surface area contributed by atoms with Crippen molar-refractivity contribution in [3.63, 3.8) is 0 Å². The molecule has 0 aliphatic heterocycles. The highest BCUT2D eigenvalue weighted by Gasteiger charge is 2.19. The first-order chi connectivity index (χ1) is 6.80. The third-order valence-corrected chi connectivity index (χ3v) is 3.52. The molecule has 0 saturated heterocycles. The summed E-state index contributed by atoms with van der Waals surface area (Å²) in [4.78, 5) is 0. The quantitative estimate of drug-likeness (QED) is 0.735. The van der Waals surface area contributed by atoms with Gasteiger partial charge in [0.1, 0.15) is 5.03 Å². The predicted octanol–water partition coefficient (Wildman–Crippen LogP) is 3.47. The van der Waals surface area contributed by atoms with Gasteiger partial charge in [-0.1, -0.05) is 34.6 Å². The van der Waals surface area contributed by atoms with E-state index < -0.39 is 0 Å². The lowest BCUT2D eigenvalue weighted by Crippen LogP contribution is -2.16. The minimum atomic E-state index is 0.179. The SMILES string of the molecule is CC(C)CSc1cc(C(C)(C)C)n(C)n1. The largest absolute Gasteiger partial charge is 0.271 e. The summed E-state index contributed by atoms with van der Waals surface area (Å²) in [6.07, 6.45) is 0. The minimum Gasteiger partial charge on any atom is -0.271 e. The Kier molecular flexibility index (Phi) is 3.87. The molecule has 3 heteroatoms. The van der Waals surface area contributed by atoms with Gasteiger partial charge in [0.05, 0.1) is 0 Å². The molecule has 0 atom stereocenters. The fourth-order valence-electron chi connectivity index (χ4n) is 1.47. The molecule has 0 fully saturated rings. The summed E-state index contributed by atoms with van der Waals surface area (Å²) in [6, 6.07) is 2.22. The third-order valence-electron chi connectivity index (χ3n) is 2.19. The second-order valence-corrected chi connectivity index (χ2v) is 6.49. The molecule has 1 heterocycles. The van der Waals surface area contributed by atoms with Crippen molar-refractivity contribution >= 4 is 11.8 Å². The molecule has 15 heavy (non-hydrogen) atoms. The predicted molar refractivity (Wildman–Crippen MR) is 67.5 cm³/mol. The van der Waals surface area contributed by atoms with Crippen molar-refractivity contribution in [2.24, 2.45) is 13.0 Å². The van der Waals surface area contributed by atoms with E-state index in [4.69, 9.17) is 0 Å². The van der Waals surface area contributed by atoms with Crippen LogP contribution in [0.2, 0.25) is 0 Å². The Balaban J connectivity index is 2.78. The lowest BCUT2D eigenvalue weighted by molar-refractivity contribution is 0.521. The average molecular weight is 226 g/mol. The number of rotatable bonds is 3. The van der Waals surface area contributed by atoms with Gasteiger partial charge in [0, 0.05) is 23.9 Å². The van der Waals surface area contributed by atoms with Crippen LogP contribution in [0.1, 0.15) is 40.3 Å². The van der Waals surface area contributed by atoms with E-state index in [-0.39, 0.29) is 5.41 Å². The van der Waals surface area contributed by atoms with E-state index in [0.29, 0.717) is 0 Å². The monoisotopic (exact) mass is 226 g/mol. The standard InChI is InChI=1S/C12H22N2S/c1-9(2)8-15-11-7-10(12(3,4)5)14(6)13-11/h7,9H,8H2,1-6H3. The molecule has 0 amide bonds. The van der Waals surface area contributed by atoms with Crippen LogP contribution in [0.15, 0.2) is 11.1 Å². The number of hydrogen-bond acceptors (Lipinski definition) is 2. The maximum Gasteiger partial charge on any atom is 0.118 e. The van der Waals surface area contributed by atoms with Gasteiger partial charge in [-0.25, -0.2) is 0 Å². The Morgan fingerprint density at radius 2 is 2.00 bits per heavy atom. The van der Waals surface area contributed by atoms with Gasteiger partial charge in [-0.2, -0.15) is 5.10 Å². The van der Waals surface area contributed by atoms with E-state index in [2.05, 4.69) is 45.8 Å². The van der Waals surface area contributed by atoms with E-state index in [0.717, 1.165) is 16.7 Å². The number of thioether (sulfide) groups is 1. The van der Waals surface area contributed by atoms with Crippen LogP contribution in [0.25, 0.3) is 0 Å². The molecule has 1 aromatic rings. The summed E-state index contributed by atoms with van der Waals surface area (Å²) in [7, 11) is 2.03. The minimum absolute atomic E-state index is 0.179. The van der Waals surface area contributed by atoms with Crippen LogP contribution in [-0.2, 0) is 12.5 Å². The summed E-state index contributed by atoms with van der Waals surface area (Å²) >= 11 is 1.85. The highest BCUT2D eigenvalue weighted by molar-refractivity contribution is 7.99. The van der Waals surface area contributed by atoms with E-state index in [1.807, 2.05) is 23.5 Å². The molecule has 0 bridgehead atoms. The van der Waals surface area contributed by atoms with Crippen molar-refractivity contribution in [1.82, 2.24) is 9.78 Å². The maximum atomic E-state index is 4.53. The summed E-state index contributed by atoms with van der Waals surface area (Å²) in [6.45, 7) is 11.1. The normalized spacial score (nSPS) is 12.5. The van der Waals surface area contributed by atoms with Crippen LogP contribution in [0.4, 0.5) is 0 Å². The molecule has 0 saturated carbocycles. The fourth-order valence-corrected chi connectivity index (χ4v) is 2.34. The molecule has 0 aliphatic carbocycles. The molecule has 1 aromatic heterocycles. The first kappa shape index (κ1) is 12.6. The van der Waals surface area contributed by atoms with Crippen LogP contribution >= 0.6 is 11.8 Å². The zero-order valence-electron chi connectivity index (χ0n) is 10.7. The number of aryl methyl sites for hydroxylation is 1. The van der Waals surface area contributed by atoms with Gasteiger partial charge < -0.3 is 0 Å². The topological polar surface area (TPSA) is 17.8 Å². The zero-order chi connectivity index (χ0) is 11.6. The average Bonchev–Trinajstić information content (AvgIpc) is 2.42. The van der Waals surface area contributed by atoms with Crippen molar-refractivity contribution in [3.8, 4) is 0 Å². The smallest absolute Gasteiger partial charge is 0.118 e. The van der Waals surface area contributed by atoms with Gasteiger partial charge in [-0.3, -0.25) is 4.68 Å². The second kappa shape index (κ2) is 4.60. The van der Waals surface area contributed by atoms with Crippen LogP contribution in [0.5, 0.6) is 0 Å². The molecule has 1 rings (SSSR count). The van der Waals surface area contributed by atoms with Crippen LogP contribution in [-0.4, -0.2) is 15.5 Å². The molecule has 0 aliphatic rings. The van der Waals surface area contributed by atoms with E-state index in [1.165, 1.54) is 5.69 Å². The number of nitrogens with zero attached hydrogens (tertiary/aromatic N) is 2. The summed E-state index contributed by atoms with van der Waals surface area (Å²) < 4.78 is 2.00. The van der Waals surface area contributed by atoms with Gasteiger partial charge in [0.2, 0.25) is 0 Å². The summed E-state index contributed by atoms with van der Waals surface area (Å²) in [5, 5.41) is 5.68. The summed E-state index contributed by atoms with van der Waals surface area (Å²) in [5.74, 6) is 1.86. The number of aromatic nitrogens is 2. The third kappa shape index (κ3) is 3.56. The molecule has 86 valence electrons. The molecular formula is C12H22N2S. The highest BCUT2D eigenvalue weighted by Crippen LogP contribution is 2.27. The van der Waals surface area contributed by atoms with Gasteiger partial charge in [0.15, 0.2) is 0 Å². The molecular weight excluding hydrogens is 204 g/mol. The Labute approximate surface area is 97.4 Å². The van der Waals surface area contributed by atoms with Crippen molar-refractivity contribution in [3.05, 3.63) is 11.8 Å². The first-order valence-electron chi connectivity index (χ1n) is 5.48. The lowest BCUT2D eigenvalue weighted by atomic mass is 9.92. The van der Waals surface area contributed by atoms with Gasteiger partial charge in [-0.05, 0) is 12.0 Å². The van der Waals surface area contributed by atoms with Gasteiger partial charge >= 0.3 is 0 Å². The molecule has 0 N–H and O–H groups in total. The van der Waals surface area contributed by atoms with Crippen LogP contribution < -0.4 is 0 Å². The first-order valence-corrected chi connectivity index (χ1v) is 6.46. The Bertz CT molecular complexity index is 321. The van der Waals surface area contributed by atoms with Crippen molar-refractivity contribution in [2.75, 3.05) is 5.75 Å². The molecule has 0 unspecified atom stereocenters. The molecule has 0 radical (unpaired) electrons. The van der Waals surface area contributed by atoms with E-state index in [9.17, 15) is 0 Å². The Morgan fingerprint density at radius 1 is 1.40 bits per heavy atom. The summed E-state index contributed by atoms with van der Waals surface area (Å²) in [5.41, 5.74) is 1.48. The molecule has 0 aromatic carbocycles. The van der Waals surface area contributed by atoms with Crippen LogP contribution in [0, 0.1) is 5.92 Å². The van der Waals surface area contributed by atoms with Crippen molar-refractivity contribution in [2.45, 2.75) is 45.1 Å². The maximum absolute atomic E-state index is 4.53. The number of hydrogen-bond donors (Lipinski definition) is 0. The Hall–Kier alpha value is -0.440. The second-order valence-electron chi connectivity index (χ2n) is 5.45. The molecule has 0 spiro atoms. The lowest BCUT2D eigenvalue weighted by Gasteiger charge is -2.17. The molecule has 2 nitrogen and oxygen atoms in total. The van der Waals surface area contributed by atoms with E-state index in [1.54, 1.807) is 0 Å². The van der Waals surface area contributed by atoms with Crippen LogP contribution in [0.3, 0.4) is 0 Å².